The van der Waals surface area contributed by atoms with E-state index in [9.17, 15) is 22.4 Å². The first-order valence-electron chi connectivity index (χ1n) is 9.84. The van der Waals surface area contributed by atoms with Crippen molar-refractivity contribution in [2.75, 3.05) is 23.9 Å². The lowest BCUT2D eigenvalue weighted by Gasteiger charge is -2.23. The third-order valence-corrected chi connectivity index (χ3v) is 4.51. The quantitative estimate of drug-likeness (QED) is 0.379. The minimum atomic E-state index is -1.40. The number of carbonyl (C=O) groups is 1. The predicted octanol–water partition coefficient (Wildman–Crippen LogP) is 4.53. The van der Waals surface area contributed by atoms with E-state index in [2.05, 4.69) is 20.6 Å². The average Bonchev–Trinajstić information content (AvgIpc) is 2.78. The molecular formula is C22H21F4N5O2. The number of anilines is 3. The fraction of sp³-hybridized carbons (Fsp3) is 0.227. The van der Waals surface area contributed by atoms with Crippen molar-refractivity contribution >= 4 is 23.5 Å². The molecule has 0 bridgehead atoms. The molecule has 33 heavy (non-hydrogen) atoms. The largest absolute Gasteiger partial charge is 0.383 e. The maximum absolute atomic E-state index is 14.0. The van der Waals surface area contributed by atoms with Gasteiger partial charge in [0.25, 0.3) is 0 Å². The molecule has 2 aromatic carbocycles. The molecule has 1 heterocycles. The Labute approximate surface area is 187 Å². The molecule has 3 rings (SSSR count). The van der Waals surface area contributed by atoms with Crippen LogP contribution in [0.5, 0.6) is 0 Å². The molecule has 0 saturated carbocycles. The number of hydrogen-bond donors (Lipinski definition) is 2. The van der Waals surface area contributed by atoms with Crippen molar-refractivity contribution in [3.8, 4) is 0 Å². The number of amides is 2. The highest BCUT2D eigenvalue weighted by Gasteiger charge is 2.22. The molecule has 0 fully saturated rings. The van der Waals surface area contributed by atoms with E-state index in [1.165, 1.54) is 24.4 Å². The third-order valence-electron chi connectivity index (χ3n) is 4.51. The molecule has 7 nitrogen and oxygen atoms in total. The van der Waals surface area contributed by atoms with Crippen LogP contribution in [-0.4, -0.2) is 35.8 Å². The number of rotatable bonds is 8. The summed E-state index contributed by atoms with van der Waals surface area (Å²) in [5, 5.41) is 5.36. The Kier molecular flexibility index (Phi) is 7.78. The van der Waals surface area contributed by atoms with Crippen molar-refractivity contribution in [1.82, 2.24) is 15.3 Å². The van der Waals surface area contributed by atoms with Gasteiger partial charge in [-0.3, -0.25) is 0 Å². The summed E-state index contributed by atoms with van der Waals surface area (Å²) in [6.07, 6.45) is 1.40. The zero-order valence-corrected chi connectivity index (χ0v) is 17.8. The van der Waals surface area contributed by atoms with Crippen LogP contribution in [0.2, 0.25) is 0 Å². The molecule has 0 saturated heterocycles. The van der Waals surface area contributed by atoms with Gasteiger partial charge in [0.1, 0.15) is 17.5 Å². The van der Waals surface area contributed by atoms with Gasteiger partial charge in [0.15, 0.2) is 11.6 Å². The van der Waals surface area contributed by atoms with E-state index >= 15 is 0 Å². The molecule has 0 aliphatic carbocycles. The maximum Gasteiger partial charge on any atom is 0.327 e. The number of aromatic nitrogens is 2. The number of ether oxygens (including phenoxy) is 1. The minimum absolute atomic E-state index is 0.0985. The monoisotopic (exact) mass is 463 g/mol. The number of methoxy groups -OCH3 is 1. The number of nitrogens with zero attached hydrogens (tertiary/aromatic N) is 3. The van der Waals surface area contributed by atoms with Crippen LogP contribution in [0.3, 0.4) is 0 Å². The van der Waals surface area contributed by atoms with E-state index in [1.807, 2.05) is 6.92 Å². The first-order valence-corrected chi connectivity index (χ1v) is 9.84. The second-order valence-electron chi connectivity index (χ2n) is 7.03. The summed E-state index contributed by atoms with van der Waals surface area (Å²) in [4.78, 5) is 22.5. The van der Waals surface area contributed by atoms with Gasteiger partial charge in [0.05, 0.1) is 18.8 Å². The average molecular weight is 463 g/mol. The highest BCUT2D eigenvalue weighted by atomic mass is 19.2. The van der Waals surface area contributed by atoms with Crippen molar-refractivity contribution in [3.63, 3.8) is 0 Å². The number of hydrogen-bond acceptors (Lipinski definition) is 5. The van der Waals surface area contributed by atoms with Crippen LogP contribution in [-0.2, 0) is 11.3 Å². The summed E-state index contributed by atoms with van der Waals surface area (Å²) in [5.74, 6) is -3.89. The molecule has 0 radical (unpaired) electrons. The van der Waals surface area contributed by atoms with E-state index in [-0.39, 0.29) is 23.5 Å². The number of halogens is 4. The van der Waals surface area contributed by atoms with Crippen molar-refractivity contribution in [1.29, 1.82) is 0 Å². The van der Waals surface area contributed by atoms with Crippen LogP contribution >= 0.6 is 0 Å². The van der Waals surface area contributed by atoms with E-state index < -0.39 is 41.4 Å². The lowest BCUT2D eigenvalue weighted by atomic mass is 10.2. The van der Waals surface area contributed by atoms with Crippen LogP contribution in [0, 0.1) is 23.3 Å². The number of benzene rings is 2. The topological polar surface area (TPSA) is 79.4 Å². The van der Waals surface area contributed by atoms with Gasteiger partial charge in [-0.25, -0.2) is 32.2 Å². The van der Waals surface area contributed by atoms with Crippen LogP contribution in [0.1, 0.15) is 12.5 Å². The molecule has 174 valence electrons. The molecular weight excluding hydrogens is 442 g/mol. The predicted molar refractivity (Wildman–Crippen MR) is 114 cm³/mol. The zero-order valence-electron chi connectivity index (χ0n) is 17.8. The molecule has 3 aromatic rings. The Morgan fingerprint density at radius 2 is 1.76 bits per heavy atom. The van der Waals surface area contributed by atoms with Crippen LogP contribution < -0.4 is 15.5 Å². The molecule has 1 aromatic heterocycles. The molecule has 0 aliphatic heterocycles. The zero-order chi connectivity index (χ0) is 24.0. The van der Waals surface area contributed by atoms with Gasteiger partial charge in [-0.15, -0.1) is 0 Å². The molecule has 0 aliphatic rings. The Hall–Kier alpha value is -3.73. The Morgan fingerprint density at radius 3 is 2.45 bits per heavy atom. The van der Waals surface area contributed by atoms with Gasteiger partial charge in [0.2, 0.25) is 5.95 Å². The molecule has 2 amide bonds. The van der Waals surface area contributed by atoms with E-state index in [0.29, 0.717) is 12.7 Å². The lowest BCUT2D eigenvalue weighted by Crippen LogP contribution is -2.37. The summed E-state index contributed by atoms with van der Waals surface area (Å²) in [6, 6.07) is 6.82. The van der Waals surface area contributed by atoms with Gasteiger partial charge >= 0.3 is 6.03 Å². The molecule has 11 heteroatoms. The highest BCUT2D eigenvalue weighted by molar-refractivity contribution is 5.98. The summed E-state index contributed by atoms with van der Waals surface area (Å²) >= 11 is 0. The minimum Gasteiger partial charge on any atom is -0.383 e. The standard InChI is InChI=1S/C22H21F4N5O2/c1-13(12-33-2)29-21-27-10-9-19(30-21)31(15-5-3-14(23)4-6-15)22(32)28-11-16-17(24)7-8-18(25)20(16)26/h3-10,13H,11-12H2,1-2H3,(H,28,32)(H,27,29,30)/t13-/m0/s1. The first-order chi connectivity index (χ1) is 15.8. The number of urea groups is 1. The summed E-state index contributed by atoms with van der Waals surface area (Å²) < 4.78 is 59.9. The van der Waals surface area contributed by atoms with Gasteiger partial charge < -0.3 is 15.4 Å². The summed E-state index contributed by atoms with van der Waals surface area (Å²) in [7, 11) is 1.54. The van der Waals surface area contributed by atoms with Gasteiger partial charge in [-0.1, -0.05) is 0 Å². The van der Waals surface area contributed by atoms with Gasteiger partial charge in [-0.05, 0) is 43.3 Å². The highest BCUT2D eigenvalue weighted by Crippen LogP contribution is 2.25. The first kappa shape index (κ1) is 23.9. The maximum atomic E-state index is 14.0. The third kappa shape index (κ3) is 5.95. The molecule has 0 spiro atoms. The Morgan fingerprint density at radius 1 is 1.06 bits per heavy atom. The number of carbonyl (C=O) groups excluding carboxylic acids is 1. The smallest absolute Gasteiger partial charge is 0.327 e. The Bertz CT molecular complexity index is 1110. The van der Waals surface area contributed by atoms with Crippen molar-refractivity contribution in [2.24, 2.45) is 0 Å². The molecule has 1 atom stereocenters. The second kappa shape index (κ2) is 10.7. The van der Waals surface area contributed by atoms with E-state index in [1.54, 1.807) is 7.11 Å². The van der Waals surface area contributed by atoms with Crippen molar-refractivity contribution in [3.05, 3.63) is 77.5 Å². The Balaban J connectivity index is 1.90. The summed E-state index contributed by atoms with van der Waals surface area (Å²) in [5.41, 5.74) is -0.412. The van der Waals surface area contributed by atoms with Crippen molar-refractivity contribution in [2.45, 2.75) is 19.5 Å². The van der Waals surface area contributed by atoms with Crippen LogP contribution in [0.25, 0.3) is 0 Å². The van der Waals surface area contributed by atoms with Crippen LogP contribution in [0.4, 0.5) is 39.8 Å². The van der Waals surface area contributed by atoms with Gasteiger partial charge in [-0.2, -0.15) is 4.98 Å². The van der Waals surface area contributed by atoms with E-state index in [4.69, 9.17) is 4.74 Å². The SMILES string of the molecule is COC[C@H](C)Nc1nccc(N(C(=O)NCc2c(F)ccc(F)c2F)c2ccc(F)cc2)n1. The lowest BCUT2D eigenvalue weighted by molar-refractivity contribution is 0.190. The molecule has 0 unspecified atom stereocenters. The van der Waals surface area contributed by atoms with Crippen LogP contribution in [0.15, 0.2) is 48.7 Å². The summed E-state index contributed by atoms with van der Waals surface area (Å²) in [6.45, 7) is 1.58. The van der Waals surface area contributed by atoms with E-state index in [0.717, 1.165) is 23.1 Å². The second-order valence-corrected chi connectivity index (χ2v) is 7.03. The number of nitrogens with one attached hydrogen (secondary N) is 2. The van der Waals surface area contributed by atoms with Gasteiger partial charge in [0, 0.05) is 31.0 Å². The van der Waals surface area contributed by atoms with Crippen molar-refractivity contribution < 1.29 is 27.1 Å². The molecule has 2 N–H and O–H groups in total. The fourth-order valence-electron chi connectivity index (χ4n) is 2.97. The normalized spacial score (nSPS) is 11.7. The fourth-order valence-corrected chi connectivity index (χ4v) is 2.97.